The van der Waals surface area contributed by atoms with Gasteiger partial charge in [-0.05, 0) is 30.7 Å². The molecular formula is C13H17N3O2S. The molecule has 0 unspecified atom stereocenters. The Labute approximate surface area is 116 Å². The molecule has 5 nitrogen and oxygen atoms in total. The summed E-state index contributed by atoms with van der Waals surface area (Å²) >= 11 is 1.68. The summed E-state index contributed by atoms with van der Waals surface area (Å²) in [6.45, 7) is 0.692. The zero-order chi connectivity index (χ0) is 13.5. The lowest BCUT2D eigenvalue weighted by Gasteiger charge is -2.06. The van der Waals surface area contributed by atoms with Gasteiger partial charge in [-0.3, -0.25) is 0 Å². The monoisotopic (exact) mass is 279 g/mol. The van der Waals surface area contributed by atoms with Crippen molar-refractivity contribution in [3.8, 4) is 11.5 Å². The van der Waals surface area contributed by atoms with Gasteiger partial charge in [0.2, 0.25) is 0 Å². The number of thioether (sulfide) groups is 1. The van der Waals surface area contributed by atoms with Gasteiger partial charge in [0.15, 0.2) is 5.16 Å². The van der Waals surface area contributed by atoms with Gasteiger partial charge in [-0.15, -0.1) is 10.2 Å². The fourth-order valence-electron chi connectivity index (χ4n) is 1.49. The van der Waals surface area contributed by atoms with E-state index in [2.05, 4.69) is 10.2 Å². The molecule has 0 fully saturated rings. The number of hydrogen-bond acceptors (Lipinski definition) is 5. The smallest absolute Gasteiger partial charge is 0.190 e. The molecule has 19 heavy (non-hydrogen) atoms. The SMILES string of the molecule is COc1ccc(OCCCSc2nncn2C)cc1. The van der Waals surface area contributed by atoms with Crippen molar-refractivity contribution in [2.75, 3.05) is 19.5 Å². The maximum atomic E-state index is 5.64. The van der Waals surface area contributed by atoms with E-state index in [0.29, 0.717) is 6.61 Å². The lowest BCUT2D eigenvalue weighted by molar-refractivity contribution is 0.318. The van der Waals surface area contributed by atoms with E-state index < -0.39 is 0 Å². The quantitative estimate of drug-likeness (QED) is 0.575. The van der Waals surface area contributed by atoms with E-state index in [4.69, 9.17) is 9.47 Å². The number of nitrogens with zero attached hydrogens (tertiary/aromatic N) is 3. The summed E-state index contributed by atoms with van der Waals surface area (Å²) in [5, 5.41) is 8.78. The third-order valence-corrected chi connectivity index (χ3v) is 3.64. The van der Waals surface area contributed by atoms with Gasteiger partial charge < -0.3 is 14.0 Å². The predicted octanol–water partition coefficient (Wildman–Crippen LogP) is 2.38. The summed E-state index contributed by atoms with van der Waals surface area (Å²) in [6.07, 6.45) is 2.67. The normalized spacial score (nSPS) is 10.4. The minimum absolute atomic E-state index is 0.692. The van der Waals surface area contributed by atoms with Crippen molar-refractivity contribution in [2.24, 2.45) is 7.05 Å². The Morgan fingerprint density at radius 1 is 1.21 bits per heavy atom. The zero-order valence-electron chi connectivity index (χ0n) is 11.1. The molecule has 1 aromatic carbocycles. The van der Waals surface area contributed by atoms with Gasteiger partial charge in [-0.25, -0.2) is 0 Å². The van der Waals surface area contributed by atoms with Crippen molar-refractivity contribution < 1.29 is 9.47 Å². The molecule has 0 atom stereocenters. The highest BCUT2D eigenvalue weighted by atomic mass is 32.2. The fraction of sp³-hybridized carbons (Fsp3) is 0.385. The maximum absolute atomic E-state index is 5.64. The molecule has 0 spiro atoms. The van der Waals surface area contributed by atoms with Crippen LogP contribution in [0.5, 0.6) is 11.5 Å². The molecule has 0 bridgehead atoms. The molecule has 0 N–H and O–H groups in total. The van der Waals surface area contributed by atoms with Crippen molar-refractivity contribution >= 4 is 11.8 Å². The van der Waals surface area contributed by atoms with Gasteiger partial charge in [0.25, 0.3) is 0 Å². The summed E-state index contributed by atoms with van der Waals surface area (Å²) in [5.41, 5.74) is 0. The first-order valence-corrected chi connectivity index (χ1v) is 7.02. The highest BCUT2D eigenvalue weighted by Gasteiger charge is 2.01. The van der Waals surface area contributed by atoms with Crippen LogP contribution < -0.4 is 9.47 Å². The highest BCUT2D eigenvalue weighted by Crippen LogP contribution is 2.18. The Kier molecular flexibility index (Phi) is 5.09. The average Bonchev–Trinajstić information content (AvgIpc) is 2.85. The van der Waals surface area contributed by atoms with Gasteiger partial charge in [-0.1, -0.05) is 11.8 Å². The third kappa shape index (κ3) is 4.17. The second kappa shape index (κ2) is 7.04. The number of hydrogen-bond donors (Lipinski definition) is 0. The predicted molar refractivity (Wildman–Crippen MR) is 74.8 cm³/mol. The molecule has 6 heteroatoms. The van der Waals surface area contributed by atoms with Crippen LogP contribution in [-0.2, 0) is 7.05 Å². The van der Waals surface area contributed by atoms with E-state index in [-0.39, 0.29) is 0 Å². The Hall–Kier alpha value is -1.69. The van der Waals surface area contributed by atoms with Crippen LogP contribution in [0.15, 0.2) is 35.7 Å². The molecule has 0 saturated heterocycles. The van der Waals surface area contributed by atoms with E-state index in [0.717, 1.165) is 28.8 Å². The number of methoxy groups -OCH3 is 1. The summed E-state index contributed by atoms with van der Waals surface area (Å²) in [6, 6.07) is 7.61. The number of aromatic nitrogens is 3. The van der Waals surface area contributed by atoms with E-state index in [1.807, 2.05) is 35.9 Å². The Bertz CT molecular complexity index is 499. The molecule has 0 aliphatic rings. The van der Waals surface area contributed by atoms with Crippen molar-refractivity contribution in [3.63, 3.8) is 0 Å². The lowest BCUT2D eigenvalue weighted by atomic mass is 10.3. The van der Waals surface area contributed by atoms with E-state index >= 15 is 0 Å². The van der Waals surface area contributed by atoms with Gasteiger partial charge in [0, 0.05) is 12.8 Å². The van der Waals surface area contributed by atoms with E-state index in [1.54, 1.807) is 25.2 Å². The molecule has 0 saturated carbocycles. The van der Waals surface area contributed by atoms with Crippen LogP contribution in [0.4, 0.5) is 0 Å². The molecule has 1 aromatic heterocycles. The number of aryl methyl sites for hydroxylation is 1. The van der Waals surface area contributed by atoms with Crippen LogP contribution >= 0.6 is 11.8 Å². The molecule has 102 valence electrons. The average molecular weight is 279 g/mol. The van der Waals surface area contributed by atoms with Gasteiger partial charge >= 0.3 is 0 Å². The molecule has 0 radical (unpaired) electrons. The lowest BCUT2D eigenvalue weighted by Crippen LogP contribution is -1.99. The highest BCUT2D eigenvalue weighted by molar-refractivity contribution is 7.99. The van der Waals surface area contributed by atoms with Crippen molar-refractivity contribution in [3.05, 3.63) is 30.6 Å². The van der Waals surface area contributed by atoms with Crippen LogP contribution in [0, 0.1) is 0 Å². The van der Waals surface area contributed by atoms with Crippen LogP contribution in [0.25, 0.3) is 0 Å². The fourth-order valence-corrected chi connectivity index (χ4v) is 2.29. The number of rotatable bonds is 7. The van der Waals surface area contributed by atoms with Gasteiger partial charge in [0.1, 0.15) is 17.8 Å². The largest absolute Gasteiger partial charge is 0.497 e. The van der Waals surface area contributed by atoms with Crippen LogP contribution in [0.2, 0.25) is 0 Å². The molecule has 0 amide bonds. The van der Waals surface area contributed by atoms with Crippen LogP contribution in [0.1, 0.15) is 6.42 Å². The molecule has 2 rings (SSSR count). The van der Waals surface area contributed by atoms with Crippen molar-refractivity contribution in [1.82, 2.24) is 14.8 Å². The second-order valence-electron chi connectivity index (χ2n) is 3.95. The summed E-state index contributed by atoms with van der Waals surface area (Å²) in [4.78, 5) is 0. The summed E-state index contributed by atoms with van der Waals surface area (Å²) in [5.74, 6) is 2.66. The molecule has 0 aliphatic carbocycles. The molecular weight excluding hydrogens is 262 g/mol. The molecule has 1 heterocycles. The first kappa shape index (κ1) is 13.7. The summed E-state index contributed by atoms with van der Waals surface area (Å²) in [7, 11) is 3.59. The second-order valence-corrected chi connectivity index (χ2v) is 5.01. The third-order valence-electron chi connectivity index (χ3n) is 2.52. The topological polar surface area (TPSA) is 49.2 Å². The Morgan fingerprint density at radius 2 is 1.95 bits per heavy atom. The van der Waals surface area contributed by atoms with Gasteiger partial charge in [0.05, 0.1) is 13.7 Å². The van der Waals surface area contributed by atoms with Crippen LogP contribution in [-0.4, -0.2) is 34.2 Å². The number of benzene rings is 1. The first-order valence-electron chi connectivity index (χ1n) is 6.03. The van der Waals surface area contributed by atoms with E-state index in [1.165, 1.54) is 0 Å². The van der Waals surface area contributed by atoms with Gasteiger partial charge in [-0.2, -0.15) is 0 Å². The minimum atomic E-state index is 0.692. The van der Waals surface area contributed by atoms with Crippen LogP contribution in [0.3, 0.4) is 0 Å². The number of ether oxygens (including phenoxy) is 2. The minimum Gasteiger partial charge on any atom is -0.497 e. The molecule has 0 aliphatic heterocycles. The Morgan fingerprint density at radius 3 is 2.58 bits per heavy atom. The standard InChI is InChI=1S/C13H17N3O2S/c1-16-10-14-15-13(16)19-9-3-8-18-12-6-4-11(17-2)5-7-12/h4-7,10H,3,8-9H2,1-2H3. The maximum Gasteiger partial charge on any atom is 0.190 e. The summed E-state index contributed by atoms with van der Waals surface area (Å²) < 4.78 is 12.6. The molecule has 2 aromatic rings. The van der Waals surface area contributed by atoms with E-state index in [9.17, 15) is 0 Å². The Balaban J connectivity index is 1.65. The zero-order valence-corrected chi connectivity index (χ0v) is 11.9. The van der Waals surface area contributed by atoms with Crippen molar-refractivity contribution in [2.45, 2.75) is 11.6 Å². The van der Waals surface area contributed by atoms with Crippen molar-refractivity contribution in [1.29, 1.82) is 0 Å². The first-order chi connectivity index (χ1) is 9.29.